The number of nitrogens with zero attached hydrogens (tertiary/aromatic N) is 1. The van der Waals surface area contributed by atoms with E-state index in [2.05, 4.69) is 0 Å². The Labute approximate surface area is 200 Å². The van der Waals surface area contributed by atoms with E-state index >= 15 is 0 Å². The van der Waals surface area contributed by atoms with E-state index in [0.717, 1.165) is 0 Å². The van der Waals surface area contributed by atoms with Crippen molar-refractivity contribution in [1.29, 1.82) is 0 Å². The highest BCUT2D eigenvalue weighted by molar-refractivity contribution is 8.11. The van der Waals surface area contributed by atoms with Crippen LogP contribution in [-0.2, 0) is 43.5 Å². The summed E-state index contributed by atoms with van der Waals surface area (Å²) in [5, 5.41) is -3.72. The second-order valence-electron chi connectivity index (χ2n) is 8.13. The predicted molar refractivity (Wildman–Crippen MR) is 124 cm³/mol. The predicted octanol–water partition coefficient (Wildman–Crippen LogP) is 0.525. The van der Waals surface area contributed by atoms with Crippen LogP contribution in [0.2, 0.25) is 0 Å². The van der Waals surface area contributed by atoms with Gasteiger partial charge in [0.05, 0.1) is 26.4 Å². The van der Waals surface area contributed by atoms with Crippen LogP contribution in [0.25, 0.3) is 0 Å². The van der Waals surface area contributed by atoms with Gasteiger partial charge in [0.1, 0.15) is 0 Å². The Balaban J connectivity index is 2.13. The van der Waals surface area contributed by atoms with E-state index in [1.807, 2.05) is 4.90 Å². The molecule has 0 amide bonds. The molecule has 2 aliphatic rings. The van der Waals surface area contributed by atoms with Crippen molar-refractivity contribution in [3.05, 3.63) is 35.9 Å². The maximum Gasteiger partial charge on any atom is 0.325 e. The first-order valence-electron chi connectivity index (χ1n) is 11.3. The lowest BCUT2D eigenvalue weighted by atomic mass is 9.91. The van der Waals surface area contributed by atoms with Gasteiger partial charge in [-0.05, 0) is 25.8 Å². The second-order valence-corrected chi connectivity index (χ2v) is 12.9. The summed E-state index contributed by atoms with van der Waals surface area (Å²) in [5.74, 6) is -3.64. The van der Waals surface area contributed by atoms with Gasteiger partial charge in [0, 0.05) is 25.6 Å². The minimum atomic E-state index is -4.60. The van der Waals surface area contributed by atoms with Crippen molar-refractivity contribution in [2.24, 2.45) is 0 Å². The molecular formula is C22H31NO9S2. The molecule has 0 bridgehead atoms. The van der Waals surface area contributed by atoms with Gasteiger partial charge in [0.2, 0.25) is 0 Å². The van der Waals surface area contributed by atoms with Crippen molar-refractivity contribution >= 4 is 31.6 Å². The second kappa shape index (κ2) is 11.1. The van der Waals surface area contributed by atoms with Gasteiger partial charge in [-0.15, -0.1) is 0 Å². The molecule has 0 radical (unpaired) electrons. The molecule has 2 aliphatic heterocycles. The Morgan fingerprint density at radius 2 is 1.41 bits per heavy atom. The normalized spacial score (nSPS) is 28.6. The van der Waals surface area contributed by atoms with Gasteiger partial charge in [-0.1, -0.05) is 30.3 Å². The monoisotopic (exact) mass is 517 g/mol. The van der Waals surface area contributed by atoms with Gasteiger partial charge >= 0.3 is 11.9 Å². The molecule has 2 saturated heterocycles. The third-order valence-corrected chi connectivity index (χ3v) is 12.0. The van der Waals surface area contributed by atoms with Crippen molar-refractivity contribution in [3.8, 4) is 0 Å². The molecule has 10 nitrogen and oxygen atoms in total. The molecule has 1 aromatic rings. The summed E-state index contributed by atoms with van der Waals surface area (Å²) in [4.78, 5) is 27.9. The summed E-state index contributed by atoms with van der Waals surface area (Å²) in [5.41, 5.74) is 0.234. The number of morpholine rings is 1. The van der Waals surface area contributed by atoms with Crippen LogP contribution in [0.3, 0.4) is 0 Å². The lowest BCUT2D eigenvalue weighted by Crippen LogP contribution is -2.60. The van der Waals surface area contributed by atoms with Crippen LogP contribution in [0.15, 0.2) is 30.3 Å². The molecule has 0 spiro atoms. The molecular weight excluding hydrogens is 486 g/mol. The van der Waals surface area contributed by atoms with Crippen molar-refractivity contribution < 1.29 is 40.6 Å². The smallest absolute Gasteiger partial charge is 0.325 e. The number of esters is 2. The molecule has 2 heterocycles. The summed E-state index contributed by atoms with van der Waals surface area (Å²) in [6.07, 6.45) is -0.280. The Morgan fingerprint density at radius 3 is 1.88 bits per heavy atom. The van der Waals surface area contributed by atoms with Crippen LogP contribution >= 0.6 is 0 Å². The zero-order valence-corrected chi connectivity index (χ0v) is 20.9. The summed E-state index contributed by atoms with van der Waals surface area (Å²) >= 11 is 0. The fourth-order valence-corrected chi connectivity index (χ4v) is 10.5. The third-order valence-electron chi connectivity index (χ3n) is 6.10. The maximum absolute atomic E-state index is 13.8. The molecule has 0 aromatic heterocycles. The first kappa shape index (κ1) is 26.6. The number of rotatable bonds is 8. The Kier molecular flexibility index (Phi) is 8.72. The highest BCUT2D eigenvalue weighted by atomic mass is 32.3. The lowest BCUT2D eigenvalue weighted by Gasteiger charge is -2.39. The van der Waals surface area contributed by atoms with Crippen molar-refractivity contribution in [2.75, 3.05) is 46.1 Å². The van der Waals surface area contributed by atoms with Gasteiger partial charge in [-0.2, -0.15) is 0 Å². The zero-order valence-electron chi connectivity index (χ0n) is 19.3. The minimum Gasteiger partial charge on any atom is -0.465 e. The van der Waals surface area contributed by atoms with Gasteiger partial charge < -0.3 is 14.2 Å². The summed E-state index contributed by atoms with van der Waals surface area (Å²) < 4.78 is 68.5. The van der Waals surface area contributed by atoms with Crippen molar-refractivity contribution in [2.45, 2.75) is 41.3 Å². The van der Waals surface area contributed by atoms with Crippen LogP contribution in [0.5, 0.6) is 0 Å². The first-order chi connectivity index (χ1) is 16.2. The van der Waals surface area contributed by atoms with Gasteiger partial charge in [0.25, 0.3) is 0 Å². The zero-order chi connectivity index (χ0) is 24.9. The van der Waals surface area contributed by atoms with E-state index in [1.165, 1.54) is 26.0 Å². The van der Waals surface area contributed by atoms with Crippen LogP contribution in [0, 0.1) is 0 Å². The van der Waals surface area contributed by atoms with Gasteiger partial charge in [0.15, 0.2) is 34.8 Å². The molecule has 12 heteroatoms. The van der Waals surface area contributed by atoms with E-state index < -0.39 is 52.6 Å². The number of ether oxygens (including phenoxy) is 3. The average molecular weight is 518 g/mol. The number of sulfone groups is 2. The molecule has 0 N–H and O–H groups in total. The summed E-state index contributed by atoms with van der Waals surface area (Å²) in [6.45, 7) is 5.00. The number of carbonyl (C=O) groups is 2. The largest absolute Gasteiger partial charge is 0.465 e. The molecule has 1 aromatic carbocycles. The highest BCUT2D eigenvalue weighted by Gasteiger charge is 2.63. The van der Waals surface area contributed by atoms with Crippen molar-refractivity contribution in [1.82, 2.24) is 4.90 Å². The quantitative estimate of drug-likeness (QED) is 0.450. The molecule has 0 saturated carbocycles. The summed E-state index contributed by atoms with van der Waals surface area (Å²) in [7, 11) is -9.20. The van der Waals surface area contributed by atoms with Crippen LogP contribution < -0.4 is 0 Å². The molecule has 0 aliphatic carbocycles. The van der Waals surface area contributed by atoms with Crippen LogP contribution in [0.4, 0.5) is 0 Å². The van der Waals surface area contributed by atoms with E-state index in [-0.39, 0.29) is 31.7 Å². The SMILES string of the molecule is CCOC(=O)C1C(c2ccccc2)C(C(=O)OCC)S(=O)(=O)C(CCN2CCOCC2)S1(=O)=O. The minimum absolute atomic E-state index is 0.0956. The molecule has 3 rings (SSSR count). The molecule has 2 unspecified atom stereocenters. The van der Waals surface area contributed by atoms with Crippen molar-refractivity contribution in [3.63, 3.8) is 0 Å². The number of benzene rings is 1. The Morgan fingerprint density at radius 1 is 0.912 bits per heavy atom. The highest BCUT2D eigenvalue weighted by Crippen LogP contribution is 2.43. The van der Waals surface area contributed by atoms with Gasteiger partial charge in [-0.25, -0.2) is 16.8 Å². The van der Waals surface area contributed by atoms with E-state index in [9.17, 15) is 26.4 Å². The van der Waals surface area contributed by atoms with E-state index in [4.69, 9.17) is 14.2 Å². The standard InChI is InChI=1S/C22H31NO9S2/c1-3-31-21(24)19-18(16-8-6-5-7-9-16)20(22(25)32-4-2)34(28,29)17(33(19,26)27)10-11-23-12-14-30-15-13-23/h5-9,17-20H,3-4,10-15H2,1-2H3. The fourth-order valence-electron chi connectivity index (χ4n) is 4.56. The lowest BCUT2D eigenvalue weighted by molar-refractivity contribution is -0.145. The molecule has 34 heavy (non-hydrogen) atoms. The average Bonchev–Trinajstić information content (AvgIpc) is 2.79. The first-order valence-corrected chi connectivity index (χ1v) is 14.5. The van der Waals surface area contributed by atoms with Crippen LogP contribution in [-0.4, -0.2) is 94.8 Å². The molecule has 190 valence electrons. The third kappa shape index (κ3) is 5.29. The summed E-state index contributed by atoms with van der Waals surface area (Å²) in [6, 6.07) is 7.84. The molecule has 2 atom stereocenters. The van der Waals surface area contributed by atoms with Crippen LogP contribution in [0.1, 0.15) is 31.7 Å². The number of hydrogen-bond acceptors (Lipinski definition) is 10. The van der Waals surface area contributed by atoms with E-state index in [1.54, 1.807) is 18.2 Å². The number of carbonyl (C=O) groups excluding carboxylic acids is 2. The Bertz CT molecular complexity index is 1010. The maximum atomic E-state index is 13.8. The fraction of sp³-hybridized carbons (Fsp3) is 0.636. The van der Waals surface area contributed by atoms with E-state index in [0.29, 0.717) is 26.3 Å². The Hall–Kier alpha value is -2.02. The topological polar surface area (TPSA) is 133 Å². The number of hydrogen-bond donors (Lipinski definition) is 0. The molecule has 2 fully saturated rings. The van der Waals surface area contributed by atoms with Gasteiger partial charge in [-0.3, -0.25) is 14.5 Å².